The Morgan fingerprint density at radius 3 is 2.94 bits per heavy atom. The summed E-state index contributed by atoms with van der Waals surface area (Å²) in [6.45, 7) is 2.64. The molecular formula is C11H17N5O. The highest BCUT2D eigenvalue weighted by Crippen LogP contribution is 2.21. The molecule has 0 aliphatic rings. The van der Waals surface area contributed by atoms with Gasteiger partial charge in [0, 0.05) is 19.8 Å². The molecule has 2 rings (SSSR count). The zero-order valence-electron chi connectivity index (χ0n) is 10.1. The molecule has 2 N–H and O–H groups in total. The van der Waals surface area contributed by atoms with E-state index in [0.29, 0.717) is 18.3 Å². The standard InChI is InChI=1S/C11H17N5O/c1-3-4-8(7-12)11-13-10(15-17-11)9-5-6-16(2)14-9/h5-6,8H,3-4,7,12H2,1-2H3. The molecule has 6 nitrogen and oxygen atoms in total. The van der Waals surface area contributed by atoms with Crippen molar-refractivity contribution in [1.29, 1.82) is 0 Å². The van der Waals surface area contributed by atoms with Crippen LogP contribution in [0.2, 0.25) is 0 Å². The minimum Gasteiger partial charge on any atom is -0.339 e. The van der Waals surface area contributed by atoms with Gasteiger partial charge in [0.2, 0.25) is 11.7 Å². The Bertz CT molecular complexity index is 476. The van der Waals surface area contributed by atoms with E-state index in [1.807, 2.05) is 19.3 Å². The van der Waals surface area contributed by atoms with Gasteiger partial charge in [0.05, 0.1) is 5.92 Å². The van der Waals surface area contributed by atoms with E-state index in [1.54, 1.807) is 4.68 Å². The minimum atomic E-state index is 0.143. The summed E-state index contributed by atoms with van der Waals surface area (Å²) >= 11 is 0. The molecule has 0 spiro atoms. The molecule has 0 amide bonds. The predicted octanol–water partition coefficient (Wildman–Crippen LogP) is 1.31. The Labute approximate surface area is 99.8 Å². The molecule has 1 atom stereocenters. The maximum absolute atomic E-state index is 5.70. The molecule has 0 fully saturated rings. The lowest BCUT2D eigenvalue weighted by atomic mass is 10.0. The van der Waals surface area contributed by atoms with Crippen LogP contribution in [-0.4, -0.2) is 26.5 Å². The third-order valence-electron chi connectivity index (χ3n) is 2.66. The fourth-order valence-corrected chi connectivity index (χ4v) is 1.73. The van der Waals surface area contributed by atoms with E-state index in [9.17, 15) is 0 Å². The molecule has 2 aromatic rings. The number of aromatic nitrogens is 4. The first kappa shape index (κ1) is 11.8. The lowest BCUT2D eigenvalue weighted by Gasteiger charge is -2.06. The van der Waals surface area contributed by atoms with Crippen LogP contribution in [0.3, 0.4) is 0 Å². The highest BCUT2D eigenvalue weighted by atomic mass is 16.5. The molecule has 6 heteroatoms. The molecule has 0 bridgehead atoms. The molecule has 92 valence electrons. The van der Waals surface area contributed by atoms with Gasteiger partial charge in [-0.25, -0.2) is 0 Å². The first-order valence-electron chi connectivity index (χ1n) is 5.78. The van der Waals surface area contributed by atoms with Gasteiger partial charge in [-0.1, -0.05) is 18.5 Å². The first-order valence-corrected chi connectivity index (χ1v) is 5.78. The van der Waals surface area contributed by atoms with Crippen LogP contribution in [0.25, 0.3) is 11.5 Å². The van der Waals surface area contributed by atoms with Gasteiger partial charge in [0.25, 0.3) is 0 Å². The van der Waals surface area contributed by atoms with Crippen molar-refractivity contribution >= 4 is 0 Å². The smallest absolute Gasteiger partial charge is 0.231 e. The molecule has 17 heavy (non-hydrogen) atoms. The Morgan fingerprint density at radius 1 is 1.53 bits per heavy atom. The lowest BCUT2D eigenvalue weighted by molar-refractivity contribution is 0.347. The fraction of sp³-hybridized carbons (Fsp3) is 0.545. The first-order chi connectivity index (χ1) is 8.24. The van der Waals surface area contributed by atoms with Gasteiger partial charge in [-0.3, -0.25) is 4.68 Å². The normalized spacial score (nSPS) is 12.9. The Hall–Kier alpha value is -1.69. The molecule has 0 aliphatic carbocycles. The molecule has 2 aromatic heterocycles. The summed E-state index contributed by atoms with van der Waals surface area (Å²) in [5.41, 5.74) is 6.41. The molecule has 0 saturated carbocycles. The number of rotatable bonds is 5. The van der Waals surface area contributed by atoms with Gasteiger partial charge in [0.1, 0.15) is 5.69 Å². The van der Waals surface area contributed by atoms with Crippen LogP contribution in [0.5, 0.6) is 0 Å². The van der Waals surface area contributed by atoms with E-state index in [-0.39, 0.29) is 5.92 Å². The molecule has 0 radical (unpaired) electrons. The Balaban J connectivity index is 2.20. The van der Waals surface area contributed by atoms with Gasteiger partial charge < -0.3 is 10.3 Å². The molecule has 0 aromatic carbocycles. The van der Waals surface area contributed by atoms with Crippen molar-refractivity contribution in [3.63, 3.8) is 0 Å². The van der Waals surface area contributed by atoms with Gasteiger partial charge in [0.15, 0.2) is 0 Å². The van der Waals surface area contributed by atoms with Crippen LogP contribution in [0, 0.1) is 0 Å². The van der Waals surface area contributed by atoms with Gasteiger partial charge >= 0.3 is 0 Å². The molecule has 0 saturated heterocycles. The number of aryl methyl sites for hydroxylation is 1. The fourth-order valence-electron chi connectivity index (χ4n) is 1.73. The maximum Gasteiger partial charge on any atom is 0.231 e. The minimum absolute atomic E-state index is 0.143. The summed E-state index contributed by atoms with van der Waals surface area (Å²) < 4.78 is 6.95. The van der Waals surface area contributed by atoms with Crippen molar-refractivity contribution in [2.24, 2.45) is 12.8 Å². The average Bonchev–Trinajstić information content (AvgIpc) is 2.94. The van der Waals surface area contributed by atoms with Crippen molar-refractivity contribution in [2.75, 3.05) is 6.54 Å². The lowest BCUT2D eigenvalue weighted by Crippen LogP contribution is -2.12. The van der Waals surface area contributed by atoms with E-state index in [1.165, 1.54) is 0 Å². The van der Waals surface area contributed by atoms with E-state index >= 15 is 0 Å². The topological polar surface area (TPSA) is 82.8 Å². The number of nitrogens with two attached hydrogens (primary N) is 1. The summed E-state index contributed by atoms with van der Waals surface area (Å²) in [6.07, 6.45) is 3.85. The Morgan fingerprint density at radius 2 is 2.35 bits per heavy atom. The second-order valence-corrected chi connectivity index (χ2v) is 4.05. The van der Waals surface area contributed by atoms with Crippen LogP contribution in [0.4, 0.5) is 0 Å². The third kappa shape index (κ3) is 2.52. The van der Waals surface area contributed by atoms with Crippen LogP contribution in [-0.2, 0) is 7.05 Å². The summed E-state index contributed by atoms with van der Waals surface area (Å²) in [4.78, 5) is 4.35. The SMILES string of the molecule is CCCC(CN)c1nc(-c2ccn(C)n2)no1. The summed E-state index contributed by atoms with van der Waals surface area (Å²) in [5.74, 6) is 1.27. The maximum atomic E-state index is 5.70. The summed E-state index contributed by atoms with van der Waals surface area (Å²) in [7, 11) is 1.85. The molecule has 0 aliphatic heterocycles. The molecule has 2 heterocycles. The zero-order chi connectivity index (χ0) is 12.3. The van der Waals surface area contributed by atoms with Crippen LogP contribution in [0.15, 0.2) is 16.8 Å². The van der Waals surface area contributed by atoms with Crippen molar-refractivity contribution in [2.45, 2.75) is 25.7 Å². The molecular weight excluding hydrogens is 218 g/mol. The Kier molecular flexibility index (Phi) is 3.53. The van der Waals surface area contributed by atoms with Crippen molar-refractivity contribution in [3.8, 4) is 11.5 Å². The van der Waals surface area contributed by atoms with E-state index in [0.717, 1.165) is 18.5 Å². The second kappa shape index (κ2) is 5.09. The quantitative estimate of drug-likeness (QED) is 0.844. The van der Waals surface area contributed by atoms with Crippen LogP contribution < -0.4 is 5.73 Å². The van der Waals surface area contributed by atoms with Gasteiger partial charge in [-0.2, -0.15) is 10.1 Å². The number of nitrogens with zero attached hydrogens (tertiary/aromatic N) is 4. The monoisotopic (exact) mass is 235 g/mol. The van der Waals surface area contributed by atoms with E-state index in [4.69, 9.17) is 10.3 Å². The highest BCUT2D eigenvalue weighted by molar-refractivity contribution is 5.46. The van der Waals surface area contributed by atoms with Gasteiger partial charge in [-0.15, -0.1) is 0 Å². The zero-order valence-corrected chi connectivity index (χ0v) is 10.1. The van der Waals surface area contributed by atoms with Crippen LogP contribution >= 0.6 is 0 Å². The van der Waals surface area contributed by atoms with E-state index in [2.05, 4.69) is 22.2 Å². The van der Waals surface area contributed by atoms with Crippen molar-refractivity contribution in [1.82, 2.24) is 19.9 Å². The summed E-state index contributed by atoms with van der Waals surface area (Å²) in [5, 5.41) is 8.16. The molecule has 1 unspecified atom stereocenters. The van der Waals surface area contributed by atoms with E-state index < -0.39 is 0 Å². The third-order valence-corrected chi connectivity index (χ3v) is 2.66. The van der Waals surface area contributed by atoms with Crippen molar-refractivity contribution < 1.29 is 4.52 Å². The number of hydrogen-bond donors (Lipinski definition) is 1. The van der Waals surface area contributed by atoms with Gasteiger partial charge in [-0.05, 0) is 12.5 Å². The average molecular weight is 235 g/mol. The van der Waals surface area contributed by atoms with Crippen LogP contribution in [0.1, 0.15) is 31.6 Å². The largest absolute Gasteiger partial charge is 0.339 e. The second-order valence-electron chi connectivity index (χ2n) is 4.05. The highest BCUT2D eigenvalue weighted by Gasteiger charge is 2.18. The predicted molar refractivity (Wildman–Crippen MR) is 63.2 cm³/mol. The summed E-state index contributed by atoms with van der Waals surface area (Å²) in [6, 6.07) is 1.85. The number of hydrogen-bond acceptors (Lipinski definition) is 5. The van der Waals surface area contributed by atoms with Crippen molar-refractivity contribution in [3.05, 3.63) is 18.2 Å².